The average Bonchev–Trinajstić information content (AvgIpc) is 3.74. The van der Waals surface area contributed by atoms with E-state index in [-0.39, 0.29) is 17.3 Å². The van der Waals surface area contributed by atoms with Gasteiger partial charge in [-0.3, -0.25) is 4.98 Å². The second kappa shape index (κ2) is 10.9. The predicted octanol–water partition coefficient (Wildman–Crippen LogP) is 3.21. The van der Waals surface area contributed by atoms with E-state index in [1.807, 2.05) is 18.2 Å². The number of nitrogens with zero attached hydrogens (tertiary/aromatic N) is 7. The zero-order valence-corrected chi connectivity index (χ0v) is 23.4. The number of aromatic nitrogens is 6. The van der Waals surface area contributed by atoms with Crippen LogP contribution in [0.3, 0.4) is 0 Å². The minimum absolute atomic E-state index is 0.0880. The molecule has 0 bridgehead atoms. The molecule has 11 nitrogen and oxygen atoms in total. The Hall–Kier alpha value is -4.34. The van der Waals surface area contributed by atoms with E-state index in [0.717, 1.165) is 46.8 Å². The van der Waals surface area contributed by atoms with Crippen LogP contribution in [0.2, 0.25) is 0 Å². The Morgan fingerprint density at radius 1 is 1.07 bits per heavy atom. The molecule has 0 amide bonds. The number of piperidine rings is 1. The van der Waals surface area contributed by atoms with Crippen LogP contribution in [0.1, 0.15) is 43.7 Å². The van der Waals surface area contributed by atoms with Crippen LogP contribution < -0.4 is 10.2 Å². The van der Waals surface area contributed by atoms with Gasteiger partial charge in [-0.05, 0) is 49.3 Å². The second-order valence-corrected chi connectivity index (χ2v) is 12.8. The van der Waals surface area contributed by atoms with E-state index >= 15 is 0 Å². The van der Waals surface area contributed by atoms with E-state index < -0.39 is 10.0 Å². The Morgan fingerprint density at radius 3 is 2.63 bits per heavy atom. The zero-order valence-electron chi connectivity index (χ0n) is 22.6. The molecule has 0 radical (unpaired) electrons. The normalized spacial score (nSPS) is 16.6. The highest BCUT2D eigenvalue weighted by Crippen LogP contribution is 2.35. The van der Waals surface area contributed by atoms with Gasteiger partial charge >= 0.3 is 0 Å². The molecule has 0 unspecified atom stereocenters. The van der Waals surface area contributed by atoms with Crippen molar-refractivity contribution in [3.63, 3.8) is 0 Å². The molecule has 6 rings (SSSR count). The van der Waals surface area contributed by atoms with Crippen molar-refractivity contribution in [1.82, 2.24) is 29.1 Å². The van der Waals surface area contributed by atoms with Crippen LogP contribution in [-0.4, -0.2) is 67.6 Å². The molecule has 12 heteroatoms. The molecule has 1 saturated carbocycles. The molecule has 41 heavy (non-hydrogen) atoms. The zero-order chi connectivity index (χ0) is 28.5. The van der Waals surface area contributed by atoms with Crippen LogP contribution in [-0.2, 0) is 10.0 Å². The maximum atomic E-state index is 12.5. The number of nitrogens with one attached hydrogen (secondary N) is 1. The number of aliphatic hydroxyl groups excluding tert-OH is 1. The molecule has 0 aromatic carbocycles. The van der Waals surface area contributed by atoms with Crippen molar-refractivity contribution in [2.45, 2.75) is 37.9 Å². The van der Waals surface area contributed by atoms with Crippen LogP contribution in [0.4, 0.5) is 17.3 Å². The van der Waals surface area contributed by atoms with E-state index in [1.165, 1.54) is 12.4 Å². The Kier molecular flexibility index (Phi) is 7.15. The lowest BCUT2D eigenvalue weighted by Crippen LogP contribution is -2.40. The van der Waals surface area contributed by atoms with Gasteiger partial charge in [0.2, 0.25) is 0 Å². The first kappa shape index (κ1) is 26.9. The maximum Gasteiger partial charge on any atom is 0.256 e. The first-order chi connectivity index (χ1) is 19.8. The van der Waals surface area contributed by atoms with E-state index in [4.69, 9.17) is 0 Å². The standard InChI is InChI=1S/C29H30N8O3S/c1-29(20-38)9-13-36(14-10-29)25-15-27(32-17-22(25)5-4-21-3-2-11-30-16-21)34-26-8-12-31-28(35-26)23-18-33-37(19-23)41(39,40)24-6-7-24/h2-3,8,11-12,15-19,24,38H,6-7,9-10,13-14,20H2,1H3,(H,31,32,34,35). The summed E-state index contributed by atoms with van der Waals surface area (Å²) in [6.07, 6.45) is 12.8. The summed E-state index contributed by atoms with van der Waals surface area (Å²) in [4.78, 5) is 19.9. The highest BCUT2D eigenvalue weighted by Gasteiger charge is 2.37. The SMILES string of the molecule is CC1(CO)CCN(c2cc(Nc3ccnc(-c4cnn(S(=O)(=O)C5CC5)c4)n3)ncc2C#Cc2cccnc2)CC1. The number of pyridine rings is 2. The van der Waals surface area contributed by atoms with Crippen molar-refractivity contribution in [3.8, 4) is 23.2 Å². The highest BCUT2D eigenvalue weighted by molar-refractivity contribution is 7.90. The van der Waals surface area contributed by atoms with Crippen molar-refractivity contribution in [2.75, 3.05) is 29.9 Å². The Labute approximate surface area is 238 Å². The van der Waals surface area contributed by atoms with Gasteiger partial charge < -0.3 is 15.3 Å². The Balaban J connectivity index is 1.27. The van der Waals surface area contributed by atoms with Gasteiger partial charge in [-0.15, -0.1) is 0 Å². The number of hydrogen-bond acceptors (Lipinski definition) is 10. The molecule has 1 aliphatic carbocycles. The minimum Gasteiger partial charge on any atom is -0.396 e. The van der Waals surface area contributed by atoms with Crippen LogP contribution in [0.5, 0.6) is 0 Å². The van der Waals surface area contributed by atoms with Gasteiger partial charge in [-0.25, -0.2) is 23.4 Å². The van der Waals surface area contributed by atoms with Gasteiger partial charge in [0.15, 0.2) is 5.82 Å². The third-order valence-corrected chi connectivity index (χ3v) is 9.55. The van der Waals surface area contributed by atoms with E-state index in [1.54, 1.807) is 30.9 Å². The van der Waals surface area contributed by atoms with Crippen molar-refractivity contribution < 1.29 is 13.5 Å². The molecule has 0 atom stereocenters. The Morgan fingerprint density at radius 2 is 1.90 bits per heavy atom. The molecule has 210 valence electrons. The minimum atomic E-state index is -3.47. The largest absolute Gasteiger partial charge is 0.396 e. The first-order valence-corrected chi connectivity index (χ1v) is 15.0. The summed E-state index contributed by atoms with van der Waals surface area (Å²) < 4.78 is 26.1. The maximum absolute atomic E-state index is 12.5. The third-order valence-electron chi connectivity index (χ3n) is 7.51. The average molecular weight is 571 g/mol. The van der Waals surface area contributed by atoms with Gasteiger partial charge in [0.25, 0.3) is 10.0 Å². The first-order valence-electron chi connectivity index (χ1n) is 13.5. The van der Waals surface area contributed by atoms with Crippen LogP contribution in [0.15, 0.2) is 61.4 Å². The molecule has 0 spiro atoms. The number of rotatable bonds is 7. The monoisotopic (exact) mass is 570 g/mol. The number of hydrogen-bond donors (Lipinski definition) is 2. The van der Waals surface area contributed by atoms with Gasteiger partial charge in [-0.1, -0.05) is 18.8 Å². The number of anilines is 3. The fraction of sp³-hybridized carbons (Fsp3) is 0.345. The van der Waals surface area contributed by atoms with Crippen LogP contribution >= 0.6 is 0 Å². The van der Waals surface area contributed by atoms with Crippen LogP contribution in [0, 0.1) is 17.3 Å². The summed E-state index contributed by atoms with van der Waals surface area (Å²) in [6, 6.07) is 7.44. The fourth-order valence-corrected chi connectivity index (χ4v) is 6.15. The van der Waals surface area contributed by atoms with E-state index in [9.17, 15) is 13.5 Å². The summed E-state index contributed by atoms with van der Waals surface area (Å²) in [6.45, 7) is 3.85. The fourth-order valence-electron chi connectivity index (χ4n) is 4.67. The molecular formula is C29H30N8O3S. The van der Waals surface area contributed by atoms with Gasteiger partial charge in [0, 0.05) is 56.1 Å². The molecule has 1 aliphatic heterocycles. The third kappa shape index (κ3) is 5.91. The lowest BCUT2D eigenvalue weighted by atomic mass is 9.81. The smallest absolute Gasteiger partial charge is 0.256 e. The lowest BCUT2D eigenvalue weighted by molar-refractivity contribution is 0.115. The molecule has 1 saturated heterocycles. The van der Waals surface area contributed by atoms with Crippen molar-refractivity contribution in [2.24, 2.45) is 5.41 Å². The van der Waals surface area contributed by atoms with E-state index in [2.05, 4.69) is 54.0 Å². The van der Waals surface area contributed by atoms with Gasteiger partial charge in [0.05, 0.1) is 34.5 Å². The van der Waals surface area contributed by atoms with Crippen molar-refractivity contribution in [1.29, 1.82) is 0 Å². The van der Waals surface area contributed by atoms with Crippen LogP contribution in [0.25, 0.3) is 11.4 Å². The number of aliphatic hydroxyl groups is 1. The van der Waals surface area contributed by atoms with Crippen molar-refractivity contribution in [3.05, 3.63) is 72.6 Å². The lowest BCUT2D eigenvalue weighted by Gasteiger charge is -2.39. The summed E-state index contributed by atoms with van der Waals surface area (Å²) >= 11 is 0. The Bertz CT molecular complexity index is 1720. The second-order valence-electron chi connectivity index (χ2n) is 10.8. The summed E-state index contributed by atoms with van der Waals surface area (Å²) in [5, 5.41) is 16.8. The quantitative estimate of drug-likeness (QED) is 0.319. The molecule has 4 aromatic heterocycles. The van der Waals surface area contributed by atoms with Crippen molar-refractivity contribution >= 4 is 27.3 Å². The molecule has 2 N–H and O–H groups in total. The van der Waals surface area contributed by atoms with Gasteiger partial charge in [0.1, 0.15) is 11.6 Å². The summed E-state index contributed by atoms with van der Waals surface area (Å²) in [5.74, 6) is 7.87. The molecular weight excluding hydrogens is 540 g/mol. The molecule has 5 heterocycles. The van der Waals surface area contributed by atoms with E-state index in [0.29, 0.717) is 35.9 Å². The summed E-state index contributed by atoms with van der Waals surface area (Å²) in [7, 11) is -3.47. The predicted molar refractivity (Wildman–Crippen MR) is 155 cm³/mol. The molecule has 2 aliphatic rings. The molecule has 2 fully saturated rings. The highest BCUT2D eigenvalue weighted by atomic mass is 32.2. The topological polar surface area (TPSA) is 139 Å². The summed E-state index contributed by atoms with van der Waals surface area (Å²) in [5.41, 5.74) is 2.97. The van der Waals surface area contributed by atoms with Gasteiger partial charge in [-0.2, -0.15) is 9.19 Å². The molecule has 4 aromatic rings.